The third kappa shape index (κ3) is 3.12. The van der Waals surface area contributed by atoms with Crippen LogP contribution in [-0.4, -0.2) is 23.8 Å². The van der Waals surface area contributed by atoms with Crippen molar-refractivity contribution in [2.24, 2.45) is 0 Å². The fraction of sp³-hybridized carbons (Fsp3) is 0.312. The van der Waals surface area contributed by atoms with E-state index in [0.29, 0.717) is 18.4 Å². The van der Waals surface area contributed by atoms with Crippen LogP contribution in [0.2, 0.25) is 0 Å². The fourth-order valence-corrected chi connectivity index (χ4v) is 2.18. The number of rotatable bonds is 3. The highest BCUT2D eigenvalue weighted by Crippen LogP contribution is 2.40. The lowest BCUT2D eigenvalue weighted by Crippen LogP contribution is -2.37. The highest BCUT2D eigenvalue weighted by molar-refractivity contribution is 5.89. The average molecular weight is 258 g/mol. The zero-order chi connectivity index (χ0) is 13.9. The summed E-state index contributed by atoms with van der Waals surface area (Å²) in [4.78, 5) is 11.4. The number of esters is 1. The minimum absolute atomic E-state index is 0.316. The second-order valence-electron chi connectivity index (χ2n) is 4.92. The number of hydrogen-bond donors (Lipinski definition) is 1. The van der Waals surface area contributed by atoms with Gasteiger partial charge in [0.1, 0.15) is 0 Å². The molecule has 0 bridgehead atoms. The lowest BCUT2D eigenvalue weighted by molar-refractivity contribution is -0.136. The minimum Gasteiger partial charge on any atom is -0.466 e. The van der Waals surface area contributed by atoms with Crippen LogP contribution in [0.25, 0.3) is 6.08 Å². The van der Waals surface area contributed by atoms with Gasteiger partial charge >= 0.3 is 5.97 Å². The highest BCUT2D eigenvalue weighted by atomic mass is 16.5. The molecule has 0 atom stereocenters. The fourth-order valence-electron chi connectivity index (χ4n) is 2.18. The first kappa shape index (κ1) is 13.6. The zero-order valence-corrected chi connectivity index (χ0v) is 11.2. The summed E-state index contributed by atoms with van der Waals surface area (Å²) in [6, 6.07) is 9.83. The van der Waals surface area contributed by atoms with Crippen molar-refractivity contribution in [2.75, 3.05) is 7.11 Å². The first-order valence-electron chi connectivity index (χ1n) is 6.28. The standard InChI is InChI=1S/C16H18O3/c1-12(15(17)19-2)14-10-16(18,11-14)9-8-13-6-4-3-5-7-13/h3-9,18H,10-11H2,1-2H3/b9-8+,14-12?. The van der Waals surface area contributed by atoms with Gasteiger partial charge in [-0.2, -0.15) is 0 Å². The molecular weight excluding hydrogens is 240 g/mol. The molecule has 100 valence electrons. The second kappa shape index (κ2) is 5.41. The molecule has 1 fully saturated rings. The van der Waals surface area contributed by atoms with Crippen molar-refractivity contribution in [3.63, 3.8) is 0 Å². The smallest absolute Gasteiger partial charge is 0.333 e. The van der Waals surface area contributed by atoms with Crippen LogP contribution in [0, 0.1) is 0 Å². The SMILES string of the molecule is COC(=O)C(C)=C1CC(O)(/C=C/c2ccccc2)C1. The third-order valence-electron chi connectivity index (χ3n) is 3.45. The van der Waals surface area contributed by atoms with Crippen molar-refractivity contribution >= 4 is 12.0 Å². The molecule has 1 saturated carbocycles. The quantitative estimate of drug-likeness (QED) is 0.670. The van der Waals surface area contributed by atoms with Gasteiger partial charge in [-0.05, 0) is 12.5 Å². The Morgan fingerprint density at radius 1 is 1.32 bits per heavy atom. The van der Waals surface area contributed by atoms with Gasteiger partial charge in [0, 0.05) is 18.4 Å². The van der Waals surface area contributed by atoms with Gasteiger partial charge < -0.3 is 9.84 Å². The number of methoxy groups -OCH3 is 1. The molecule has 0 radical (unpaired) electrons. The van der Waals surface area contributed by atoms with E-state index in [1.165, 1.54) is 7.11 Å². The summed E-state index contributed by atoms with van der Waals surface area (Å²) in [5.41, 5.74) is 1.80. The topological polar surface area (TPSA) is 46.5 Å². The number of hydrogen-bond acceptors (Lipinski definition) is 3. The van der Waals surface area contributed by atoms with E-state index in [4.69, 9.17) is 0 Å². The Balaban J connectivity index is 2.02. The third-order valence-corrected chi connectivity index (χ3v) is 3.45. The molecule has 3 heteroatoms. The van der Waals surface area contributed by atoms with E-state index in [9.17, 15) is 9.90 Å². The predicted molar refractivity (Wildman–Crippen MR) is 74.4 cm³/mol. The summed E-state index contributed by atoms with van der Waals surface area (Å²) in [7, 11) is 1.37. The normalized spacial score (nSPS) is 22.2. The largest absolute Gasteiger partial charge is 0.466 e. The molecule has 1 aromatic carbocycles. The molecule has 19 heavy (non-hydrogen) atoms. The first-order valence-corrected chi connectivity index (χ1v) is 6.28. The summed E-state index contributed by atoms with van der Waals surface area (Å²) in [6.45, 7) is 1.74. The molecule has 1 aliphatic rings. The van der Waals surface area contributed by atoms with Crippen LogP contribution in [0.4, 0.5) is 0 Å². The van der Waals surface area contributed by atoms with Crippen molar-refractivity contribution in [1.29, 1.82) is 0 Å². The van der Waals surface area contributed by atoms with Crippen LogP contribution in [0.5, 0.6) is 0 Å². The molecule has 1 N–H and O–H groups in total. The maximum absolute atomic E-state index is 11.4. The van der Waals surface area contributed by atoms with Gasteiger partial charge in [-0.1, -0.05) is 48.1 Å². The number of carbonyl (C=O) groups is 1. The molecule has 3 nitrogen and oxygen atoms in total. The van der Waals surface area contributed by atoms with Crippen molar-refractivity contribution in [3.8, 4) is 0 Å². The molecule has 1 aromatic rings. The summed E-state index contributed by atoms with van der Waals surface area (Å²) in [6.07, 6.45) is 4.70. The van der Waals surface area contributed by atoms with Gasteiger partial charge in [-0.15, -0.1) is 0 Å². The number of benzene rings is 1. The molecule has 0 unspecified atom stereocenters. The summed E-state index contributed by atoms with van der Waals surface area (Å²) in [5, 5.41) is 10.3. The zero-order valence-electron chi connectivity index (χ0n) is 11.2. The Hall–Kier alpha value is -1.87. The van der Waals surface area contributed by atoms with Crippen molar-refractivity contribution in [3.05, 3.63) is 53.1 Å². The average Bonchev–Trinajstić information content (AvgIpc) is 2.41. The number of carbonyl (C=O) groups excluding carboxylic acids is 1. The Kier molecular flexibility index (Phi) is 3.86. The van der Waals surface area contributed by atoms with Crippen LogP contribution in [-0.2, 0) is 9.53 Å². The van der Waals surface area contributed by atoms with E-state index in [2.05, 4.69) is 4.74 Å². The maximum atomic E-state index is 11.4. The van der Waals surface area contributed by atoms with E-state index in [0.717, 1.165) is 11.1 Å². The predicted octanol–water partition coefficient (Wildman–Crippen LogP) is 2.71. The second-order valence-corrected chi connectivity index (χ2v) is 4.92. The van der Waals surface area contributed by atoms with Crippen LogP contribution < -0.4 is 0 Å². The molecular formula is C16H18O3. The molecule has 0 heterocycles. The van der Waals surface area contributed by atoms with E-state index in [1.54, 1.807) is 13.0 Å². The minimum atomic E-state index is -0.833. The summed E-state index contributed by atoms with van der Waals surface area (Å²) in [5.74, 6) is -0.316. The molecule has 0 amide bonds. The molecule has 0 spiro atoms. The molecule has 1 aliphatic carbocycles. The maximum Gasteiger partial charge on any atom is 0.333 e. The summed E-state index contributed by atoms with van der Waals surface area (Å²) < 4.78 is 4.67. The van der Waals surface area contributed by atoms with Gasteiger partial charge in [-0.25, -0.2) is 4.79 Å². The van der Waals surface area contributed by atoms with Gasteiger partial charge in [-0.3, -0.25) is 0 Å². The monoisotopic (exact) mass is 258 g/mol. The van der Waals surface area contributed by atoms with Gasteiger partial charge in [0.15, 0.2) is 0 Å². The highest BCUT2D eigenvalue weighted by Gasteiger charge is 2.38. The Bertz CT molecular complexity index is 518. The molecule has 0 saturated heterocycles. The number of aliphatic hydroxyl groups is 1. The van der Waals surface area contributed by atoms with Crippen LogP contribution >= 0.6 is 0 Å². The van der Waals surface area contributed by atoms with Gasteiger partial charge in [0.25, 0.3) is 0 Å². The van der Waals surface area contributed by atoms with Crippen molar-refractivity contribution < 1.29 is 14.6 Å². The van der Waals surface area contributed by atoms with Crippen molar-refractivity contribution in [1.82, 2.24) is 0 Å². The first-order chi connectivity index (χ1) is 9.04. The number of ether oxygens (including phenoxy) is 1. The Morgan fingerprint density at radius 2 is 1.95 bits per heavy atom. The van der Waals surface area contributed by atoms with Gasteiger partial charge in [0.05, 0.1) is 12.7 Å². The van der Waals surface area contributed by atoms with Crippen LogP contribution in [0.1, 0.15) is 25.3 Å². The lowest BCUT2D eigenvalue weighted by atomic mass is 9.73. The molecule has 0 aromatic heterocycles. The Morgan fingerprint density at radius 3 is 2.53 bits per heavy atom. The Labute approximate surface area is 113 Å². The summed E-state index contributed by atoms with van der Waals surface area (Å²) >= 11 is 0. The lowest BCUT2D eigenvalue weighted by Gasteiger charge is -2.37. The van der Waals surface area contributed by atoms with E-state index >= 15 is 0 Å². The van der Waals surface area contributed by atoms with Gasteiger partial charge in [0.2, 0.25) is 0 Å². The van der Waals surface area contributed by atoms with Crippen LogP contribution in [0.15, 0.2) is 47.6 Å². The van der Waals surface area contributed by atoms with Crippen molar-refractivity contribution in [2.45, 2.75) is 25.4 Å². The van der Waals surface area contributed by atoms with E-state index in [1.807, 2.05) is 36.4 Å². The van der Waals surface area contributed by atoms with Crippen LogP contribution in [0.3, 0.4) is 0 Å². The van der Waals surface area contributed by atoms with E-state index < -0.39 is 5.60 Å². The molecule has 2 rings (SSSR count). The molecule has 0 aliphatic heterocycles. The van der Waals surface area contributed by atoms with E-state index in [-0.39, 0.29) is 5.97 Å².